The van der Waals surface area contributed by atoms with Gasteiger partial charge < -0.3 is 47.7 Å². The van der Waals surface area contributed by atoms with Crippen LogP contribution in [-0.4, -0.2) is 118 Å². The van der Waals surface area contributed by atoms with E-state index in [4.69, 9.17) is 42.6 Å². The number of hydrogen-bond donors (Lipinski definition) is 1. The van der Waals surface area contributed by atoms with Gasteiger partial charge in [0.2, 0.25) is 0 Å². The molecule has 0 fully saturated rings. The third-order valence-electron chi connectivity index (χ3n) is 4.30. The summed E-state index contributed by atoms with van der Waals surface area (Å²) >= 11 is 0. The van der Waals surface area contributed by atoms with Crippen LogP contribution in [0.3, 0.4) is 0 Å². The maximum Gasteiger partial charge on any atom is 0.341 e. The minimum absolute atomic E-state index is 0.0348. The highest BCUT2D eigenvalue weighted by atomic mass is 16.6. The van der Waals surface area contributed by atoms with Gasteiger partial charge in [-0.2, -0.15) is 0 Å². The Labute approximate surface area is 205 Å². The highest BCUT2D eigenvalue weighted by Crippen LogP contribution is 2.30. The Bertz CT molecular complexity index is 725. The molecule has 1 N–H and O–H groups in total. The second-order valence-electron chi connectivity index (χ2n) is 6.77. The minimum atomic E-state index is -1.26. The summed E-state index contributed by atoms with van der Waals surface area (Å²) < 4.78 is 47.2. The van der Waals surface area contributed by atoms with Gasteiger partial charge in [-0.05, 0) is 6.07 Å². The van der Waals surface area contributed by atoms with E-state index in [1.54, 1.807) is 14.2 Å². The van der Waals surface area contributed by atoms with E-state index in [0.717, 1.165) is 6.07 Å². The van der Waals surface area contributed by atoms with E-state index in [1.807, 2.05) is 0 Å². The smallest absolute Gasteiger partial charge is 0.341 e. The predicted molar refractivity (Wildman–Crippen MR) is 123 cm³/mol. The first-order valence-electron chi connectivity index (χ1n) is 11.1. The third kappa shape index (κ3) is 13.3. The Hall–Kier alpha value is -2.48. The van der Waals surface area contributed by atoms with Gasteiger partial charge in [-0.1, -0.05) is 0 Å². The zero-order valence-electron chi connectivity index (χ0n) is 20.6. The molecule has 35 heavy (non-hydrogen) atoms. The number of hydrogen-bond acceptors (Lipinski definition) is 11. The summed E-state index contributed by atoms with van der Waals surface area (Å²) in [5.41, 5.74) is -0.241. The SMILES string of the molecule is COCCOCCOCCOc1cc(OCCOCCOCCOC)c(C(=O)OC)cc1C(=O)O. The van der Waals surface area contributed by atoms with Crippen LogP contribution in [0.1, 0.15) is 20.7 Å². The molecule has 1 aromatic rings. The highest BCUT2D eigenvalue weighted by molar-refractivity contribution is 5.98. The van der Waals surface area contributed by atoms with E-state index >= 15 is 0 Å². The zero-order chi connectivity index (χ0) is 25.7. The molecule has 12 heteroatoms. The van der Waals surface area contributed by atoms with Crippen molar-refractivity contribution in [1.29, 1.82) is 0 Å². The molecule has 0 bridgehead atoms. The van der Waals surface area contributed by atoms with Crippen molar-refractivity contribution in [3.63, 3.8) is 0 Å². The first kappa shape index (κ1) is 30.6. The minimum Gasteiger partial charge on any atom is -0.490 e. The molecule has 0 atom stereocenters. The largest absolute Gasteiger partial charge is 0.490 e. The van der Waals surface area contributed by atoms with E-state index in [0.29, 0.717) is 52.9 Å². The first-order valence-corrected chi connectivity index (χ1v) is 11.1. The van der Waals surface area contributed by atoms with Crippen molar-refractivity contribution in [1.82, 2.24) is 0 Å². The lowest BCUT2D eigenvalue weighted by atomic mass is 10.1. The number of carbonyl (C=O) groups excluding carboxylic acids is 1. The molecule has 1 rings (SSSR count). The first-order chi connectivity index (χ1) is 17.0. The standard InChI is InChI=1S/C23H36O12/c1-27-4-6-30-8-10-32-12-14-34-20-17-21(19(23(26)29-3)16-18(20)22(24)25)35-15-13-33-11-9-31-7-5-28-2/h16-17H,4-15H2,1-3H3,(H,24,25). The fourth-order valence-electron chi connectivity index (χ4n) is 2.59. The van der Waals surface area contributed by atoms with Crippen molar-refractivity contribution in [3.8, 4) is 11.5 Å². The van der Waals surface area contributed by atoms with Crippen molar-refractivity contribution in [2.45, 2.75) is 0 Å². The summed E-state index contributed by atoms with van der Waals surface area (Å²) in [5, 5.41) is 9.56. The summed E-state index contributed by atoms with van der Waals surface area (Å²) in [6, 6.07) is 2.51. The Kier molecular flexibility index (Phi) is 17.3. The molecule has 200 valence electrons. The van der Waals surface area contributed by atoms with Crippen LogP contribution in [0.2, 0.25) is 0 Å². The van der Waals surface area contributed by atoms with Gasteiger partial charge >= 0.3 is 11.9 Å². The summed E-state index contributed by atoms with van der Waals surface area (Å²) in [6.07, 6.45) is 0. The number of rotatable bonds is 22. The summed E-state index contributed by atoms with van der Waals surface area (Å²) in [7, 11) is 4.38. The summed E-state index contributed by atoms with van der Waals surface area (Å²) in [5.74, 6) is -1.85. The van der Waals surface area contributed by atoms with Gasteiger partial charge in [0.1, 0.15) is 35.8 Å². The van der Waals surface area contributed by atoms with E-state index < -0.39 is 11.9 Å². The molecule has 1 aromatic carbocycles. The number of carbonyl (C=O) groups is 2. The van der Waals surface area contributed by atoms with Crippen LogP contribution < -0.4 is 9.47 Å². The van der Waals surface area contributed by atoms with Gasteiger partial charge in [-0.25, -0.2) is 9.59 Å². The molecule has 0 radical (unpaired) electrons. The number of carboxylic acids is 1. The third-order valence-corrected chi connectivity index (χ3v) is 4.30. The van der Waals surface area contributed by atoms with E-state index in [-0.39, 0.29) is 49.1 Å². The molecular weight excluding hydrogens is 468 g/mol. The quantitative estimate of drug-likeness (QED) is 0.180. The van der Waals surface area contributed by atoms with Crippen LogP contribution in [0.15, 0.2) is 12.1 Å². The van der Waals surface area contributed by atoms with Crippen molar-refractivity contribution in [2.24, 2.45) is 0 Å². The fraction of sp³-hybridized carbons (Fsp3) is 0.652. The second-order valence-corrected chi connectivity index (χ2v) is 6.77. The van der Waals surface area contributed by atoms with Gasteiger partial charge in [0.25, 0.3) is 0 Å². The van der Waals surface area contributed by atoms with Crippen molar-refractivity contribution >= 4 is 11.9 Å². The van der Waals surface area contributed by atoms with Crippen LogP contribution in [0.4, 0.5) is 0 Å². The second kappa shape index (κ2) is 19.8. The molecule has 0 saturated heterocycles. The Morgan fingerprint density at radius 1 is 0.600 bits per heavy atom. The Morgan fingerprint density at radius 2 is 1.00 bits per heavy atom. The number of methoxy groups -OCH3 is 3. The monoisotopic (exact) mass is 504 g/mol. The summed E-state index contributed by atoms with van der Waals surface area (Å²) in [6.45, 7) is 4.11. The van der Waals surface area contributed by atoms with Crippen molar-refractivity contribution in [2.75, 3.05) is 101 Å². The number of ether oxygens (including phenoxy) is 9. The molecular formula is C23H36O12. The fourth-order valence-corrected chi connectivity index (χ4v) is 2.59. The molecule has 0 aliphatic carbocycles. The van der Waals surface area contributed by atoms with E-state index in [9.17, 15) is 14.7 Å². The van der Waals surface area contributed by atoms with E-state index in [2.05, 4.69) is 0 Å². The molecule has 0 heterocycles. The van der Waals surface area contributed by atoms with Crippen molar-refractivity contribution in [3.05, 3.63) is 23.3 Å². The van der Waals surface area contributed by atoms with Crippen LogP contribution in [-0.2, 0) is 33.2 Å². The average molecular weight is 505 g/mol. The van der Waals surface area contributed by atoms with Crippen LogP contribution in [0.25, 0.3) is 0 Å². The van der Waals surface area contributed by atoms with Crippen LogP contribution in [0.5, 0.6) is 11.5 Å². The molecule has 0 spiro atoms. The number of aromatic carboxylic acids is 1. The predicted octanol–water partition coefficient (Wildman–Crippen LogP) is 1.29. The van der Waals surface area contributed by atoms with Gasteiger partial charge in [-0.15, -0.1) is 0 Å². The topological polar surface area (TPSA) is 137 Å². The van der Waals surface area contributed by atoms with Gasteiger partial charge in [0.05, 0.1) is 73.2 Å². The zero-order valence-corrected chi connectivity index (χ0v) is 20.6. The maximum absolute atomic E-state index is 12.2. The Morgan fingerprint density at radius 3 is 1.40 bits per heavy atom. The molecule has 0 saturated carbocycles. The number of benzene rings is 1. The molecule has 12 nitrogen and oxygen atoms in total. The van der Waals surface area contributed by atoms with Crippen LogP contribution in [0, 0.1) is 0 Å². The average Bonchev–Trinajstić information content (AvgIpc) is 2.86. The maximum atomic E-state index is 12.2. The summed E-state index contributed by atoms with van der Waals surface area (Å²) in [4.78, 5) is 23.9. The highest BCUT2D eigenvalue weighted by Gasteiger charge is 2.22. The lowest BCUT2D eigenvalue weighted by molar-refractivity contribution is 0.0173. The molecule has 0 unspecified atom stereocenters. The van der Waals surface area contributed by atoms with Gasteiger partial charge in [-0.3, -0.25) is 0 Å². The lowest BCUT2D eigenvalue weighted by Crippen LogP contribution is -2.16. The van der Waals surface area contributed by atoms with Gasteiger partial charge in [0, 0.05) is 20.3 Å². The van der Waals surface area contributed by atoms with Crippen LogP contribution >= 0.6 is 0 Å². The van der Waals surface area contributed by atoms with E-state index in [1.165, 1.54) is 13.2 Å². The number of esters is 1. The molecule has 0 aromatic heterocycles. The van der Waals surface area contributed by atoms with Crippen molar-refractivity contribution < 1.29 is 57.3 Å². The van der Waals surface area contributed by atoms with Gasteiger partial charge in [0.15, 0.2) is 0 Å². The molecule has 0 amide bonds. The number of carboxylic acid groups (broad SMARTS) is 1. The molecule has 0 aliphatic heterocycles. The Balaban J connectivity index is 2.62. The lowest BCUT2D eigenvalue weighted by Gasteiger charge is -2.15. The molecule has 0 aliphatic rings. The normalized spacial score (nSPS) is 10.8.